The summed E-state index contributed by atoms with van der Waals surface area (Å²) in [4.78, 5) is 19.4. The van der Waals surface area contributed by atoms with Gasteiger partial charge in [-0.15, -0.1) is 0 Å². The molecule has 1 aromatic carbocycles. The lowest BCUT2D eigenvalue weighted by atomic mass is 10.2. The number of aromatic amines is 1. The molecule has 8 heteroatoms. The summed E-state index contributed by atoms with van der Waals surface area (Å²) in [5.74, 6) is 1.40. The first-order chi connectivity index (χ1) is 12.2. The summed E-state index contributed by atoms with van der Waals surface area (Å²) in [6, 6.07) is 10.1. The molecular formula is C17H20N6O2. The Morgan fingerprint density at radius 2 is 1.96 bits per heavy atom. The summed E-state index contributed by atoms with van der Waals surface area (Å²) >= 11 is 0. The zero-order valence-electron chi connectivity index (χ0n) is 13.2. The number of benzene rings is 1. The maximum absolute atomic E-state index is 10.9. The molecule has 0 radical (unpaired) electrons. The number of carboxylic acid groups (broad SMARTS) is 1. The first kappa shape index (κ1) is 15.1. The maximum atomic E-state index is 10.9. The van der Waals surface area contributed by atoms with E-state index in [-0.39, 0.29) is 8.42 Å². The summed E-state index contributed by atoms with van der Waals surface area (Å²) < 4.78 is 0. The summed E-state index contributed by atoms with van der Waals surface area (Å²) in [5.41, 5.74) is 2.08. The van der Waals surface area contributed by atoms with E-state index in [0.29, 0.717) is 23.4 Å². The van der Waals surface area contributed by atoms with E-state index < -0.39 is 5.97 Å². The van der Waals surface area contributed by atoms with Crippen molar-refractivity contribution in [2.75, 3.05) is 10.6 Å². The van der Waals surface area contributed by atoms with Crippen molar-refractivity contribution in [1.29, 1.82) is 0 Å². The smallest absolute Gasteiger partial charge is 0.335 e. The third-order valence-corrected chi connectivity index (χ3v) is 3.91. The van der Waals surface area contributed by atoms with Gasteiger partial charge in [0, 0.05) is 32.4 Å². The molecule has 0 unspecified atom stereocenters. The van der Waals surface area contributed by atoms with Crippen LogP contribution in [-0.4, -0.2) is 31.2 Å². The Morgan fingerprint density at radius 3 is 2.68 bits per heavy atom. The molecule has 2 heterocycles. The van der Waals surface area contributed by atoms with Crippen LogP contribution in [0.4, 0.5) is 23.3 Å². The quantitative estimate of drug-likeness (QED) is 0.540. The molecule has 4 N–H and O–H groups in total. The predicted molar refractivity (Wildman–Crippen MR) is 96.8 cm³/mol. The topological polar surface area (TPSA) is 116 Å². The maximum Gasteiger partial charge on any atom is 0.335 e. The molecule has 1 saturated carbocycles. The number of hydrogen-bond acceptors (Lipinski definition) is 6. The lowest BCUT2D eigenvalue weighted by Gasteiger charge is -2.07. The van der Waals surface area contributed by atoms with Crippen LogP contribution in [0.15, 0.2) is 42.6 Å². The van der Waals surface area contributed by atoms with Crippen molar-refractivity contribution in [1.82, 2.24) is 20.2 Å². The van der Waals surface area contributed by atoms with Crippen LogP contribution in [0.3, 0.4) is 0 Å². The van der Waals surface area contributed by atoms with E-state index in [1.807, 2.05) is 6.07 Å². The van der Waals surface area contributed by atoms with Crippen molar-refractivity contribution in [3.05, 3.63) is 53.9 Å². The van der Waals surface area contributed by atoms with Crippen LogP contribution in [-0.2, 0) is 0 Å². The van der Waals surface area contributed by atoms with Crippen LogP contribution in [0.1, 0.15) is 37.7 Å². The third-order valence-electron chi connectivity index (χ3n) is 3.91. The highest BCUT2D eigenvalue weighted by molar-refractivity contribution is 5.88. The SMILES string of the molecule is O=C(O)c1ccc(Nc2nccc(Nc3cc(C4CC4)[nH]n3)n2)cc1.[HH].[HH]. The highest BCUT2D eigenvalue weighted by atomic mass is 16.4. The Hall–Kier alpha value is -3.42. The van der Waals surface area contributed by atoms with E-state index in [0.717, 1.165) is 11.5 Å². The van der Waals surface area contributed by atoms with Gasteiger partial charge in [-0.1, -0.05) is 0 Å². The fourth-order valence-electron chi connectivity index (χ4n) is 2.45. The minimum atomic E-state index is -0.960. The molecule has 130 valence electrons. The standard InChI is InChI=1S/C17H16N6O2.2H2/c24-16(25)11-3-5-12(6-4-11)19-17-18-8-7-14(21-17)20-15-9-13(22-23-15)10-1-2-10;;/h3-10H,1-2H2,(H,24,25)(H3,18,19,20,21,22,23);2*1H. The molecular weight excluding hydrogens is 320 g/mol. The first-order valence-corrected chi connectivity index (χ1v) is 7.93. The fourth-order valence-corrected chi connectivity index (χ4v) is 2.45. The normalized spacial score (nSPS) is 13.4. The average molecular weight is 340 g/mol. The molecule has 1 aliphatic rings. The van der Waals surface area contributed by atoms with Gasteiger partial charge in [-0.2, -0.15) is 10.1 Å². The van der Waals surface area contributed by atoms with Crippen LogP contribution in [0, 0.1) is 0 Å². The van der Waals surface area contributed by atoms with Crippen LogP contribution in [0.2, 0.25) is 0 Å². The van der Waals surface area contributed by atoms with Gasteiger partial charge in [0.2, 0.25) is 5.95 Å². The largest absolute Gasteiger partial charge is 0.478 e. The second kappa shape index (κ2) is 6.23. The van der Waals surface area contributed by atoms with Crippen molar-refractivity contribution < 1.29 is 12.8 Å². The molecule has 1 fully saturated rings. The van der Waals surface area contributed by atoms with Crippen molar-refractivity contribution in [2.24, 2.45) is 0 Å². The Balaban J connectivity index is 0.00000131. The van der Waals surface area contributed by atoms with Gasteiger partial charge in [0.05, 0.1) is 5.56 Å². The third kappa shape index (κ3) is 3.57. The number of aromatic carboxylic acids is 1. The Labute approximate surface area is 146 Å². The molecule has 0 spiro atoms. The molecule has 1 aliphatic carbocycles. The minimum Gasteiger partial charge on any atom is -0.478 e. The highest BCUT2D eigenvalue weighted by Crippen LogP contribution is 2.39. The zero-order chi connectivity index (χ0) is 17.2. The van der Waals surface area contributed by atoms with E-state index in [1.165, 1.54) is 25.0 Å². The van der Waals surface area contributed by atoms with Crippen molar-refractivity contribution in [3.8, 4) is 0 Å². The number of carboxylic acids is 1. The molecule has 0 aliphatic heterocycles. The van der Waals surface area contributed by atoms with Gasteiger partial charge >= 0.3 is 5.97 Å². The molecule has 0 saturated heterocycles. The van der Waals surface area contributed by atoms with E-state index in [1.54, 1.807) is 24.4 Å². The van der Waals surface area contributed by atoms with Gasteiger partial charge in [0.25, 0.3) is 0 Å². The van der Waals surface area contributed by atoms with E-state index in [2.05, 4.69) is 30.8 Å². The van der Waals surface area contributed by atoms with Gasteiger partial charge in [-0.05, 0) is 43.2 Å². The van der Waals surface area contributed by atoms with Crippen LogP contribution in [0.5, 0.6) is 0 Å². The van der Waals surface area contributed by atoms with Gasteiger partial charge in [0.15, 0.2) is 5.82 Å². The Morgan fingerprint density at radius 1 is 1.16 bits per heavy atom. The fraction of sp³-hybridized carbons (Fsp3) is 0.176. The summed E-state index contributed by atoms with van der Waals surface area (Å²) in [6.45, 7) is 0. The molecule has 0 atom stereocenters. The molecule has 25 heavy (non-hydrogen) atoms. The number of rotatable bonds is 6. The number of nitrogens with one attached hydrogen (secondary N) is 3. The Bertz CT molecular complexity index is 912. The van der Waals surface area contributed by atoms with Crippen molar-refractivity contribution in [3.63, 3.8) is 0 Å². The first-order valence-electron chi connectivity index (χ1n) is 7.93. The number of anilines is 4. The number of nitrogens with zero attached hydrogens (tertiary/aromatic N) is 3. The number of H-pyrrole nitrogens is 1. The Kier molecular flexibility index (Phi) is 3.77. The van der Waals surface area contributed by atoms with E-state index >= 15 is 0 Å². The molecule has 0 amide bonds. The summed E-state index contributed by atoms with van der Waals surface area (Å²) in [5, 5.41) is 22.4. The molecule has 2 aromatic heterocycles. The molecule has 4 rings (SSSR count). The van der Waals surface area contributed by atoms with Crippen molar-refractivity contribution in [2.45, 2.75) is 18.8 Å². The second-order valence-corrected chi connectivity index (χ2v) is 5.88. The van der Waals surface area contributed by atoms with E-state index in [4.69, 9.17) is 5.11 Å². The monoisotopic (exact) mass is 340 g/mol. The molecule has 3 aromatic rings. The number of hydrogen-bond donors (Lipinski definition) is 4. The van der Waals surface area contributed by atoms with Crippen LogP contribution in [0.25, 0.3) is 0 Å². The van der Waals surface area contributed by atoms with Gasteiger partial charge in [-0.25, -0.2) is 9.78 Å². The second-order valence-electron chi connectivity index (χ2n) is 5.88. The molecule has 8 nitrogen and oxygen atoms in total. The summed E-state index contributed by atoms with van der Waals surface area (Å²) in [6.07, 6.45) is 4.06. The van der Waals surface area contributed by atoms with Crippen LogP contribution < -0.4 is 10.6 Å². The lowest BCUT2D eigenvalue weighted by molar-refractivity contribution is 0.0697. The highest BCUT2D eigenvalue weighted by Gasteiger charge is 2.25. The average Bonchev–Trinajstić information content (AvgIpc) is 3.36. The zero-order valence-corrected chi connectivity index (χ0v) is 13.2. The van der Waals surface area contributed by atoms with E-state index in [9.17, 15) is 4.79 Å². The molecule has 0 bridgehead atoms. The van der Waals surface area contributed by atoms with Gasteiger partial charge in [0.1, 0.15) is 5.82 Å². The van der Waals surface area contributed by atoms with Crippen molar-refractivity contribution >= 4 is 29.2 Å². The number of carbonyl (C=O) groups is 1. The summed E-state index contributed by atoms with van der Waals surface area (Å²) in [7, 11) is 0. The predicted octanol–water partition coefficient (Wildman–Crippen LogP) is 3.75. The number of aromatic nitrogens is 4. The van der Waals surface area contributed by atoms with Gasteiger partial charge < -0.3 is 15.7 Å². The van der Waals surface area contributed by atoms with Crippen LogP contribution >= 0.6 is 0 Å². The minimum absolute atomic E-state index is 0. The van der Waals surface area contributed by atoms with Gasteiger partial charge in [-0.3, -0.25) is 5.10 Å². The lowest BCUT2D eigenvalue weighted by Crippen LogP contribution is -2.01.